The number of carbonyl (C=O) groups is 2. The lowest BCUT2D eigenvalue weighted by Gasteiger charge is -2.38. The van der Waals surface area contributed by atoms with Gasteiger partial charge in [0.25, 0.3) is 5.91 Å². The van der Waals surface area contributed by atoms with Crippen LogP contribution in [0.3, 0.4) is 0 Å². The Morgan fingerprint density at radius 1 is 1.19 bits per heavy atom. The molecule has 31 heavy (non-hydrogen) atoms. The number of nitrogens with one attached hydrogen (secondary N) is 1. The maximum Gasteiger partial charge on any atom is 0.260 e. The van der Waals surface area contributed by atoms with Crippen LogP contribution in [0.2, 0.25) is 0 Å². The average Bonchev–Trinajstić information content (AvgIpc) is 2.72. The standard InChI is InChI=1S/C25H31FN2O3/c1-5-27-25(30)17(4)31-21-10-9-18-11-12-28(23(29)13-16(2)3)24(22(18)15-21)19-7-6-8-20(26)14-19/h6-10,14-17,24H,5,11-13H2,1-4H3,(H,27,30)/t17-,24+/m0/s1. The van der Waals surface area contributed by atoms with Gasteiger partial charge in [-0.1, -0.05) is 32.0 Å². The van der Waals surface area contributed by atoms with Crippen molar-refractivity contribution in [1.29, 1.82) is 0 Å². The van der Waals surface area contributed by atoms with E-state index in [0.29, 0.717) is 25.3 Å². The lowest BCUT2D eigenvalue weighted by Crippen LogP contribution is -2.41. The zero-order valence-corrected chi connectivity index (χ0v) is 18.7. The Morgan fingerprint density at radius 2 is 1.97 bits per heavy atom. The minimum absolute atomic E-state index is 0.0527. The van der Waals surface area contributed by atoms with E-state index >= 15 is 0 Å². The number of likely N-dealkylation sites (N-methyl/N-ethyl adjacent to an activating group) is 1. The molecule has 0 bridgehead atoms. The predicted molar refractivity (Wildman–Crippen MR) is 118 cm³/mol. The van der Waals surface area contributed by atoms with Gasteiger partial charge in [0, 0.05) is 19.5 Å². The Kier molecular flexibility index (Phi) is 7.31. The number of halogens is 1. The quantitative estimate of drug-likeness (QED) is 0.720. The van der Waals surface area contributed by atoms with E-state index < -0.39 is 12.1 Å². The molecular weight excluding hydrogens is 395 g/mol. The lowest BCUT2D eigenvalue weighted by molar-refractivity contribution is -0.134. The van der Waals surface area contributed by atoms with Crippen molar-refractivity contribution in [3.05, 3.63) is 65.0 Å². The molecule has 0 saturated carbocycles. The molecule has 0 spiro atoms. The molecule has 6 heteroatoms. The van der Waals surface area contributed by atoms with Crippen molar-refractivity contribution in [2.24, 2.45) is 5.92 Å². The highest BCUT2D eigenvalue weighted by atomic mass is 19.1. The third-order valence-corrected chi connectivity index (χ3v) is 5.45. The highest BCUT2D eigenvalue weighted by Crippen LogP contribution is 2.38. The molecule has 1 aliphatic rings. The van der Waals surface area contributed by atoms with Gasteiger partial charge >= 0.3 is 0 Å². The van der Waals surface area contributed by atoms with E-state index in [0.717, 1.165) is 23.1 Å². The van der Waals surface area contributed by atoms with Crippen LogP contribution in [0.5, 0.6) is 5.75 Å². The second-order valence-electron chi connectivity index (χ2n) is 8.41. The van der Waals surface area contributed by atoms with Gasteiger partial charge < -0.3 is 15.0 Å². The molecule has 3 rings (SSSR count). The monoisotopic (exact) mass is 426 g/mol. The Balaban J connectivity index is 1.99. The summed E-state index contributed by atoms with van der Waals surface area (Å²) in [4.78, 5) is 27.0. The molecular formula is C25H31FN2O3. The molecule has 166 valence electrons. The maximum absolute atomic E-state index is 14.1. The van der Waals surface area contributed by atoms with Crippen LogP contribution in [0, 0.1) is 11.7 Å². The Morgan fingerprint density at radius 3 is 2.65 bits per heavy atom. The topological polar surface area (TPSA) is 58.6 Å². The lowest BCUT2D eigenvalue weighted by atomic mass is 9.87. The third-order valence-electron chi connectivity index (χ3n) is 5.45. The van der Waals surface area contributed by atoms with Crippen molar-refractivity contribution in [2.45, 2.75) is 52.7 Å². The van der Waals surface area contributed by atoms with Gasteiger partial charge in [-0.3, -0.25) is 9.59 Å². The van der Waals surface area contributed by atoms with Crippen LogP contribution in [0.15, 0.2) is 42.5 Å². The summed E-state index contributed by atoms with van der Waals surface area (Å²) in [5.74, 6) is 0.317. The van der Waals surface area contributed by atoms with Gasteiger partial charge in [0.15, 0.2) is 6.10 Å². The number of carbonyl (C=O) groups excluding carboxylic acids is 2. The SMILES string of the molecule is CCNC(=O)[C@H](C)Oc1ccc2c(c1)[C@@H](c1cccc(F)c1)N(C(=O)CC(C)C)CC2. The molecule has 0 aliphatic carbocycles. The Hall–Kier alpha value is -2.89. The van der Waals surface area contributed by atoms with Crippen molar-refractivity contribution in [3.63, 3.8) is 0 Å². The van der Waals surface area contributed by atoms with Crippen LogP contribution in [-0.2, 0) is 16.0 Å². The molecule has 5 nitrogen and oxygen atoms in total. The van der Waals surface area contributed by atoms with Crippen molar-refractivity contribution in [2.75, 3.05) is 13.1 Å². The molecule has 0 aromatic heterocycles. The Bertz CT molecular complexity index is 944. The smallest absolute Gasteiger partial charge is 0.260 e. The first-order valence-corrected chi connectivity index (χ1v) is 10.9. The number of nitrogens with zero attached hydrogens (tertiary/aromatic N) is 1. The van der Waals surface area contributed by atoms with E-state index in [2.05, 4.69) is 5.32 Å². The van der Waals surface area contributed by atoms with Gasteiger partial charge in [0.2, 0.25) is 5.91 Å². The molecule has 0 unspecified atom stereocenters. The summed E-state index contributed by atoms with van der Waals surface area (Å²) in [7, 11) is 0. The number of fused-ring (bicyclic) bond motifs is 1. The van der Waals surface area contributed by atoms with Crippen molar-refractivity contribution in [1.82, 2.24) is 10.2 Å². The summed E-state index contributed by atoms with van der Waals surface area (Å²) in [5.41, 5.74) is 2.74. The summed E-state index contributed by atoms with van der Waals surface area (Å²) in [6.07, 6.45) is 0.510. The molecule has 1 heterocycles. The molecule has 2 amide bonds. The van der Waals surface area contributed by atoms with Crippen LogP contribution in [0.4, 0.5) is 4.39 Å². The first kappa shape index (κ1) is 22.8. The Labute approximate surface area is 183 Å². The zero-order chi connectivity index (χ0) is 22.5. The van der Waals surface area contributed by atoms with E-state index in [1.807, 2.05) is 49.9 Å². The number of rotatable bonds is 7. The van der Waals surface area contributed by atoms with E-state index in [1.54, 1.807) is 13.0 Å². The number of ether oxygens (including phenoxy) is 1. The van der Waals surface area contributed by atoms with Gasteiger partial charge in [-0.25, -0.2) is 4.39 Å². The fourth-order valence-corrected chi connectivity index (χ4v) is 4.01. The number of amides is 2. The van der Waals surface area contributed by atoms with Crippen molar-refractivity contribution >= 4 is 11.8 Å². The fourth-order valence-electron chi connectivity index (χ4n) is 4.01. The summed E-state index contributed by atoms with van der Waals surface area (Å²) >= 11 is 0. The van der Waals surface area contributed by atoms with Gasteiger partial charge in [0.05, 0.1) is 6.04 Å². The summed E-state index contributed by atoms with van der Waals surface area (Å²) in [6.45, 7) is 8.70. The van der Waals surface area contributed by atoms with Crippen molar-refractivity contribution < 1.29 is 18.7 Å². The molecule has 2 aromatic carbocycles. The van der Waals surface area contributed by atoms with E-state index in [9.17, 15) is 14.0 Å². The van der Waals surface area contributed by atoms with Crippen molar-refractivity contribution in [3.8, 4) is 5.75 Å². The second-order valence-corrected chi connectivity index (χ2v) is 8.41. The molecule has 0 radical (unpaired) electrons. The predicted octanol–water partition coefficient (Wildman–Crippen LogP) is 4.25. The van der Waals surface area contributed by atoms with E-state index in [1.165, 1.54) is 12.1 Å². The van der Waals surface area contributed by atoms with Crippen LogP contribution in [0.25, 0.3) is 0 Å². The minimum Gasteiger partial charge on any atom is -0.481 e. The minimum atomic E-state index is -0.645. The fraction of sp³-hybridized carbons (Fsp3) is 0.440. The van der Waals surface area contributed by atoms with Gasteiger partial charge in [-0.15, -0.1) is 0 Å². The summed E-state index contributed by atoms with van der Waals surface area (Å²) in [6, 6.07) is 11.7. The zero-order valence-electron chi connectivity index (χ0n) is 18.7. The summed E-state index contributed by atoms with van der Waals surface area (Å²) in [5, 5.41) is 2.75. The molecule has 1 aliphatic heterocycles. The van der Waals surface area contributed by atoms with E-state index in [-0.39, 0.29) is 23.5 Å². The number of hydrogen-bond donors (Lipinski definition) is 1. The second kappa shape index (κ2) is 9.94. The van der Waals surface area contributed by atoms with Crippen LogP contribution >= 0.6 is 0 Å². The van der Waals surface area contributed by atoms with E-state index in [4.69, 9.17) is 4.74 Å². The normalized spacial score (nSPS) is 16.6. The number of hydrogen-bond acceptors (Lipinski definition) is 3. The first-order chi connectivity index (χ1) is 14.8. The average molecular weight is 427 g/mol. The molecule has 0 saturated heterocycles. The van der Waals surface area contributed by atoms with Crippen LogP contribution < -0.4 is 10.1 Å². The molecule has 2 atom stereocenters. The number of benzene rings is 2. The highest BCUT2D eigenvalue weighted by molar-refractivity contribution is 5.80. The van der Waals surface area contributed by atoms with Gasteiger partial charge in [-0.2, -0.15) is 0 Å². The molecule has 0 fully saturated rings. The van der Waals surface area contributed by atoms with Gasteiger partial charge in [-0.05, 0) is 67.1 Å². The highest BCUT2D eigenvalue weighted by Gasteiger charge is 2.33. The van der Waals surface area contributed by atoms with Crippen LogP contribution in [-0.4, -0.2) is 35.9 Å². The third kappa shape index (κ3) is 5.43. The maximum atomic E-state index is 14.1. The van der Waals surface area contributed by atoms with Crippen LogP contribution in [0.1, 0.15) is 56.8 Å². The van der Waals surface area contributed by atoms with Gasteiger partial charge in [0.1, 0.15) is 11.6 Å². The molecule has 1 N–H and O–H groups in total. The summed E-state index contributed by atoms with van der Waals surface area (Å²) < 4.78 is 19.9. The largest absolute Gasteiger partial charge is 0.481 e. The molecule has 2 aromatic rings. The first-order valence-electron chi connectivity index (χ1n) is 10.9.